The summed E-state index contributed by atoms with van der Waals surface area (Å²) in [5.41, 5.74) is 2.09. The molecule has 1 N–H and O–H groups in total. The lowest BCUT2D eigenvalue weighted by Crippen LogP contribution is -2.55. The van der Waals surface area contributed by atoms with Gasteiger partial charge in [0.15, 0.2) is 0 Å². The maximum absolute atomic E-state index is 3.66. The molecule has 1 saturated heterocycles. The molecule has 1 unspecified atom stereocenters. The van der Waals surface area contributed by atoms with E-state index in [0.717, 1.165) is 12.0 Å². The van der Waals surface area contributed by atoms with Crippen LogP contribution in [0.15, 0.2) is 11.4 Å². The first kappa shape index (κ1) is 8.93. The number of hydrogen-bond donors (Lipinski definition) is 1. The zero-order valence-electron chi connectivity index (χ0n) is 8.84. The molecule has 1 aliphatic carbocycles. The van der Waals surface area contributed by atoms with E-state index in [9.17, 15) is 0 Å². The van der Waals surface area contributed by atoms with Gasteiger partial charge in [0.25, 0.3) is 0 Å². The van der Waals surface area contributed by atoms with Gasteiger partial charge < -0.3 is 5.32 Å². The molecule has 0 saturated carbocycles. The predicted octanol–water partition coefficient (Wildman–Crippen LogP) is 2.56. The van der Waals surface area contributed by atoms with E-state index in [4.69, 9.17) is 0 Å². The molecular formula is C12H17NS. The van der Waals surface area contributed by atoms with Crippen molar-refractivity contribution >= 4 is 11.3 Å². The molecule has 1 fully saturated rings. The molecule has 0 aromatic carbocycles. The Hall–Kier alpha value is -0.340. The Kier molecular flexibility index (Phi) is 1.80. The summed E-state index contributed by atoms with van der Waals surface area (Å²) in [5, 5.41) is 5.93. The minimum atomic E-state index is 0.448. The topological polar surface area (TPSA) is 12.0 Å². The van der Waals surface area contributed by atoms with Gasteiger partial charge in [-0.3, -0.25) is 0 Å². The fourth-order valence-corrected chi connectivity index (χ4v) is 4.27. The molecule has 0 radical (unpaired) electrons. The molecule has 0 amide bonds. The van der Waals surface area contributed by atoms with Gasteiger partial charge in [-0.05, 0) is 47.7 Å². The third-order valence-corrected chi connectivity index (χ3v) is 5.37. The Labute approximate surface area is 89.5 Å². The second-order valence-corrected chi connectivity index (χ2v) is 5.98. The minimum Gasteiger partial charge on any atom is -0.313 e. The number of thiophene rings is 1. The summed E-state index contributed by atoms with van der Waals surface area (Å²) in [6.45, 7) is 6.06. The quantitative estimate of drug-likeness (QED) is 0.689. The van der Waals surface area contributed by atoms with Gasteiger partial charge in [-0.25, -0.2) is 0 Å². The highest BCUT2D eigenvalue weighted by atomic mass is 32.1. The van der Waals surface area contributed by atoms with E-state index in [1.54, 1.807) is 10.4 Å². The van der Waals surface area contributed by atoms with Gasteiger partial charge in [0, 0.05) is 10.9 Å². The monoisotopic (exact) mass is 207 g/mol. The van der Waals surface area contributed by atoms with Gasteiger partial charge in [0.1, 0.15) is 0 Å². The maximum Gasteiger partial charge on any atom is 0.0149 e. The molecule has 76 valence electrons. The molecule has 1 aliphatic heterocycles. The van der Waals surface area contributed by atoms with Gasteiger partial charge in [-0.2, -0.15) is 0 Å². The molecule has 2 bridgehead atoms. The van der Waals surface area contributed by atoms with E-state index in [2.05, 4.69) is 30.6 Å². The first-order valence-corrected chi connectivity index (χ1v) is 6.40. The third kappa shape index (κ3) is 0.986. The highest BCUT2D eigenvalue weighted by molar-refractivity contribution is 7.10. The van der Waals surface area contributed by atoms with Gasteiger partial charge >= 0.3 is 0 Å². The van der Waals surface area contributed by atoms with E-state index in [1.165, 1.54) is 19.4 Å². The molecule has 1 nitrogen and oxygen atoms in total. The van der Waals surface area contributed by atoms with E-state index < -0.39 is 0 Å². The molecule has 1 aromatic heterocycles. The summed E-state index contributed by atoms with van der Waals surface area (Å²) >= 11 is 1.94. The summed E-state index contributed by atoms with van der Waals surface area (Å²) in [6, 6.07) is 3.08. The smallest absolute Gasteiger partial charge is 0.0149 e. The first-order chi connectivity index (χ1) is 6.72. The summed E-state index contributed by atoms with van der Waals surface area (Å²) in [5.74, 6) is 0.790. The molecule has 2 heteroatoms. The van der Waals surface area contributed by atoms with Crippen molar-refractivity contribution in [1.82, 2.24) is 5.32 Å². The largest absolute Gasteiger partial charge is 0.313 e. The van der Waals surface area contributed by atoms with Crippen LogP contribution in [0.25, 0.3) is 0 Å². The Morgan fingerprint density at radius 1 is 1.57 bits per heavy atom. The zero-order valence-corrected chi connectivity index (χ0v) is 9.66. The fourth-order valence-electron chi connectivity index (χ4n) is 3.20. The number of nitrogens with one attached hydrogen (secondary N) is 1. The first-order valence-electron chi connectivity index (χ1n) is 5.52. The van der Waals surface area contributed by atoms with Crippen LogP contribution in [0, 0.1) is 5.92 Å². The van der Waals surface area contributed by atoms with E-state index in [0.29, 0.717) is 5.41 Å². The molecular weight excluding hydrogens is 190 g/mol. The summed E-state index contributed by atoms with van der Waals surface area (Å²) in [7, 11) is 0. The minimum absolute atomic E-state index is 0.448. The van der Waals surface area contributed by atoms with Crippen molar-refractivity contribution in [3.63, 3.8) is 0 Å². The van der Waals surface area contributed by atoms with Gasteiger partial charge in [0.05, 0.1) is 0 Å². The predicted molar refractivity (Wildman–Crippen MR) is 60.9 cm³/mol. The van der Waals surface area contributed by atoms with E-state index in [-0.39, 0.29) is 0 Å². The van der Waals surface area contributed by atoms with Crippen molar-refractivity contribution < 1.29 is 0 Å². The number of rotatable bonds is 0. The van der Waals surface area contributed by atoms with Crippen LogP contribution >= 0.6 is 11.3 Å². The SMILES string of the molecule is C[C@H]1C2Cc3sccc3[C@]1(C)CCN2. The molecule has 14 heavy (non-hydrogen) atoms. The second-order valence-electron chi connectivity index (χ2n) is 4.98. The van der Waals surface area contributed by atoms with Crippen molar-refractivity contribution in [3.05, 3.63) is 21.9 Å². The molecule has 1 aromatic rings. The second kappa shape index (κ2) is 2.83. The Morgan fingerprint density at radius 2 is 2.43 bits per heavy atom. The van der Waals surface area contributed by atoms with Crippen molar-refractivity contribution in [3.8, 4) is 0 Å². The zero-order chi connectivity index (χ0) is 9.76. The Balaban J connectivity index is 2.15. The van der Waals surface area contributed by atoms with Crippen molar-refractivity contribution in [2.24, 2.45) is 5.92 Å². The van der Waals surface area contributed by atoms with Crippen LogP contribution in [0.2, 0.25) is 0 Å². The average molecular weight is 207 g/mol. The van der Waals surface area contributed by atoms with Crippen LogP contribution in [0.5, 0.6) is 0 Å². The third-order valence-electron chi connectivity index (χ3n) is 4.43. The molecule has 3 rings (SSSR count). The molecule has 0 spiro atoms. The lowest BCUT2D eigenvalue weighted by Gasteiger charge is -2.49. The van der Waals surface area contributed by atoms with Gasteiger partial charge in [-0.1, -0.05) is 13.8 Å². The lowest BCUT2D eigenvalue weighted by atomic mass is 9.61. The summed E-state index contributed by atoms with van der Waals surface area (Å²) < 4.78 is 0. The van der Waals surface area contributed by atoms with Crippen LogP contribution < -0.4 is 5.32 Å². The van der Waals surface area contributed by atoms with Crippen LogP contribution in [-0.4, -0.2) is 12.6 Å². The highest BCUT2D eigenvalue weighted by Gasteiger charge is 2.45. The number of hydrogen-bond acceptors (Lipinski definition) is 2. The van der Waals surface area contributed by atoms with Crippen molar-refractivity contribution in [2.75, 3.05) is 6.54 Å². The molecule has 2 aliphatic rings. The summed E-state index contributed by atoms with van der Waals surface area (Å²) in [4.78, 5) is 1.63. The number of fused-ring (bicyclic) bond motifs is 4. The lowest BCUT2D eigenvalue weighted by molar-refractivity contribution is 0.160. The van der Waals surface area contributed by atoms with Gasteiger partial charge in [-0.15, -0.1) is 11.3 Å². The normalized spacial score (nSPS) is 40.7. The van der Waals surface area contributed by atoms with E-state index >= 15 is 0 Å². The maximum atomic E-state index is 3.66. The van der Waals surface area contributed by atoms with Crippen LogP contribution in [0.1, 0.15) is 30.7 Å². The van der Waals surface area contributed by atoms with Crippen molar-refractivity contribution in [1.29, 1.82) is 0 Å². The van der Waals surface area contributed by atoms with Crippen LogP contribution in [0.3, 0.4) is 0 Å². The molecule has 2 heterocycles. The van der Waals surface area contributed by atoms with Crippen molar-refractivity contribution in [2.45, 2.75) is 38.1 Å². The van der Waals surface area contributed by atoms with Gasteiger partial charge in [0.2, 0.25) is 0 Å². The Morgan fingerprint density at radius 3 is 3.29 bits per heavy atom. The number of piperidine rings is 1. The fraction of sp³-hybridized carbons (Fsp3) is 0.667. The Bertz CT molecular complexity index is 357. The summed E-state index contributed by atoms with van der Waals surface area (Å²) in [6.07, 6.45) is 2.55. The van der Waals surface area contributed by atoms with E-state index in [1.807, 2.05) is 11.3 Å². The van der Waals surface area contributed by atoms with Crippen LogP contribution in [0.4, 0.5) is 0 Å². The standard InChI is InChI=1S/C12H17NS/c1-8-10-7-11-9(3-6-14-11)12(8,2)4-5-13-10/h3,6,8,10,13H,4-5,7H2,1-2H3/t8-,10?,12+/m0/s1. The molecule has 3 atom stereocenters. The van der Waals surface area contributed by atoms with Crippen LogP contribution in [-0.2, 0) is 11.8 Å². The highest BCUT2D eigenvalue weighted by Crippen LogP contribution is 2.47. The average Bonchev–Trinajstić information content (AvgIpc) is 2.59.